The third kappa shape index (κ3) is 5.11. The Morgan fingerprint density at radius 2 is 1.75 bits per heavy atom. The van der Waals surface area contributed by atoms with Gasteiger partial charge in [0.2, 0.25) is 0 Å². The van der Waals surface area contributed by atoms with Crippen LogP contribution in [0.1, 0.15) is 12.8 Å². The Bertz CT molecular complexity index is 682. The zero-order valence-electron chi connectivity index (χ0n) is 13.3. The van der Waals surface area contributed by atoms with Gasteiger partial charge in [-0.3, -0.25) is 0 Å². The van der Waals surface area contributed by atoms with Crippen LogP contribution in [-0.4, -0.2) is 24.4 Å². The van der Waals surface area contributed by atoms with Crippen molar-refractivity contribution in [3.8, 4) is 0 Å². The van der Waals surface area contributed by atoms with Crippen LogP contribution in [-0.2, 0) is 4.74 Å². The Balaban J connectivity index is 1.48. The first kappa shape index (κ1) is 16.5. The van der Waals surface area contributed by atoms with Gasteiger partial charge in [0.25, 0.3) is 0 Å². The Hall–Kier alpha value is -2.31. The van der Waals surface area contributed by atoms with E-state index >= 15 is 0 Å². The molecule has 2 aromatic rings. The number of thiocarbonyl (C=S) groups is 1. The lowest BCUT2D eigenvalue weighted by molar-refractivity contribution is 0.114. The van der Waals surface area contributed by atoms with Crippen molar-refractivity contribution in [3.05, 3.63) is 54.6 Å². The molecule has 0 aromatic heterocycles. The highest BCUT2D eigenvalue weighted by atomic mass is 32.1. The number of hydrogen-bond acceptors (Lipinski definition) is 4. The molecule has 0 radical (unpaired) electrons. The molecule has 1 aliphatic heterocycles. The number of nitrogens with one attached hydrogen (secondary N) is 2. The van der Waals surface area contributed by atoms with Crippen LogP contribution in [0.5, 0.6) is 0 Å². The summed E-state index contributed by atoms with van der Waals surface area (Å²) in [6, 6.07) is 17.3. The second kappa shape index (κ2) is 8.52. The monoisotopic (exact) mass is 340 g/mol. The quantitative estimate of drug-likeness (QED) is 0.618. The van der Waals surface area contributed by atoms with Gasteiger partial charge in [0.15, 0.2) is 5.11 Å². The molecular formula is C18H20N4OS. The zero-order chi connectivity index (χ0) is 16.6. The van der Waals surface area contributed by atoms with Crippen molar-refractivity contribution in [1.29, 1.82) is 0 Å². The molecule has 0 aliphatic carbocycles. The van der Waals surface area contributed by atoms with Crippen LogP contribution in [0, 0.1) is 0 Å². The normalized spacial score (nSPS) is 17.1. The van der Waals surface area contributed by atoms with Crippen molar-refractivity contribution >= 4 is 34.4 Å². The SMILES string of the molecule is S=C(NC[C@H]1CCCO1)Nc1ccc(N=Nc2ccccc2)cc1. The first-order chi connectivity index (χ1) is 11.8. The van der Waals surface area contributed by atoms with E-state index in [2.05, 4.69) is 20.9 Å². The van der Waals surface area contributed by atoms with Crippen molar-refractivity contribution in [2.45, 2.75) is 18.9 Å². The molecule has 1 fully saturated rings. The van der Waals surface area contributed by atoms with Crippen LogP contribution in [0.4, 0.5) is 17.1 Å². The third-order valence-electron chi connectivity index (χ3n) is 3.68. The number of azo groups is 1. The molecule has 0 unspecified atom stereocenters. The van der Waals surface area contributed by atoms with E-state index in [1.807, 2.05) is 54.6 Å². The Morgan fingerprint density at radius 3 is 2.42 bits per heavy atom. The first-order valence-electron chi connectivity index (χ1n) is 8.03. The fraction of sp³-hybridized carbons (Fsp3) is 0.278. The molecule has 0 bridgehead atoms. The van der Waals surface area contributed by atoms with E-state index < -0.39 is 0 Å². The molecule has 2 N–H and O–H groups in total. The van der Waals surface area contributed by atoms with Crippen LogP contribution in [0.15, 0.2) is 64.8 Å². The molecule has 124 valence electrons. The van der Waals surface area contributed by atoms with Gasteiger partial charge in [-0.15, -0.1) is 0 Å². The number of hydrogen-bond donors (Lipinski definition) is 2. The summed E-state index contributed by atoms with van der Waals surface area (Å²) in [5.74, 6) is 0. The van der Waals surface area contributed by atoms with E-state index in [1.165, 1.54) is 0 Å². The smallest absolute Gasteiger partial charge is 0.170 e. The second-order valence-electron chi connectivity index (χ2n) is 5.55. The highest BCUT2D eigenvalue weighted by molar-refractivity contribution is 7.80. The van der Waals surface area contributed by atoms with E-state index in [4.69, 9.17) is 17.0 Å². The van der Waals surface area contributed by atoms with Gasteiger partial charge >= 0.3 is 0 Å². The van der Waals surface area contributed by atoms with Gasteiger partial charge in [0.1, 0.15) is 0 Å². The lowest BCUT2D eigenvalue weighted by Gasteiger charge is -2.14. The fourth-order valence-corrected chi connectivity index (χ4v) is 2.61. The van der Waals surface area contributed by atoms with E-state index in [0.717, 1.165) is 43.1 Å². The zero-order valence-corrected chi connectivity index (χ0v) is 14.1. The van der Waals surface area contributed by atoms with Crippen molar-refractivity contribution in [2.75, 3.05) is 18.5 Å². The third-order valence-corrected chi connectivity index (χ3v) is 3.92. The predicted molar refractivity (Wildman–Crippen MR) is 100 cm³/mol. The molecule has 5 nitrogen and oxygen atoms in total. The maximum Gasteiger partial charge on any atom is 0.170 e. The summed E-state index contributed by atoms with van der Waals surface area (Å²) < 4.78 is 5.56. The van der Waals surface area contributed by atoms with E-state index in [9.17, 15) is 0 Å². The molecule has 1 heterocycles. The van der Waals surface area contributed by atoms with Crippen LogP contribution in [0.25, 0.3) is 0 Å². The molecule has 1 atom stereocenters. The predicted octanol–water partition coefficient (Wildman–Crippen LogP) is 4.57. The largest absolute Gasteiger partial charge is 0.376 e. The topological polar surface area (TPSA) is 58.0 Å². The van der Waals surface area contributed by atoms with Gasteiger partial charge in [0, 0.05) is 18.8 Å². The van der Waals surface area contributed by atoms with Crippen molar-refractivity contribution in [2.24, 2.45) is 10.2 Å². The molecule has 3 rings (SSSR count). The van der Waals surface area contributed by atoms with Crippen LogP contribution in [0.2, 0.25) is 0 Å². The highest BCUT2D eigenvalue weighted by Crippen LogP contribution is 2.20. The fourth-order valence-electron chi connectivity index (χ4n) is 2.41. The van der Waals surface area contributed by atoms with Crippen molar-refractivity contribution < 1.29 is 4.74 Å². The van der Waals surface area contributed by atoms with Crippen molar-refractivity contribution in [1.82, 2.24) is 5.32 Å². The Kier molecular flexibility index (Phi) is 5.87. The van der Waals surface area contributed by atoms with Crippen LogP contribution < -0.4 is 10.6 Å². The summed E-state index contributed by atoms with van der Waals surface area (Å²) in [5.41, 5.74) is 2.54. The van der Waals surface area contributed by atoms with Gasteiger partial charge < -0.3 is 15.4 Å². The minimum atomic E-state index is 0.269. The summed E-state index contributed by atoms with van der Waals surface area (Å²) >= 11 is 5.30. The molecule has 0 amide bonds. The van der Waals surface area contributed by atoms with Crippen molar-refractivity contribution in [3.63, 3.8) is 0 Å². The van der Waals surface area contributed by atoms with Crippen LogP contribution >= 0.6 is 12.2 Å². The molecular weight excluding hydrogens is 320 g/mol. The summed E-state index contributed by atoms with van der Waals surface area (Å²) in [6.45, 7) is 1.60. The van der Waals surface area contributed by atoms with E-state index in [-0.39, 0.29) is 6.10 Å². The Labute approximate surface area is 147 Å². The first-order valence-corrected chi connectivity index (χ1v) is 8.44. The number of ether oxygens (including phenoxy) is 1. The average molecular weight is 340 g/mol. The van der Waals surface area contributed by atoms with Crippen LogP contribution in [0.3, 0.4) is 0 Å². The summed E-state index contributed by atoms with van der Waals surface area (Å²) in [5, 5.41) is 15.4. The maximum atomic E-state index is 5.56. The van der Waals surface area contributed by atoms with E-state index in [0.29, 0.717) is 5.11 Å². The Morgan fingerprint density at radius 1 is 1.04 bits per heavy atom. The summed E-state index contributed by atoms with van der Waals surface area (Å²) in [7, 11) is 0. The van der Waals surface area contributed by atoms with E-state index in [1.54, 1.807) is 0 Å². The van der Waals surface area contributed by atoms with Gasteiger partial charge in [-0.25, -0.2) is 0 Å². The second-order valence-corrected chi connectivity index (χ2v) is 5.96. The molecule has 0 spiro atoms. The molecule has 1 saturated heterocycles. The number of rotatable bonds is 5. The van der Waals surface area contributed by atoms with Gasteiger partial charge in [-0.1, -0.05) is 18.2 Å². The van der Waals surface area contributed by atoms with Gasteiger partial charge in [0.05, 0.1) is 17.5 Å². The average Bonchev–Trinajstić information content (AvgIpc) is 3.14. The summed E-state index contributed by atoms with van der Waals surface area (Å²) in [6.07, 6.45) is 2.49. The standard InChI is InChI=1S/C18H20N4OS/c24-18(19-13-17-7-4-12-23-17)20-14-8-10-16(11-9-14)22-21-15-5-2-1-3-6-15/h1-3,5-6,8-11,17H,4,7,12-13H2,(H2,19,20,24)/t17-/m1/s1. The molecule has 0 saturated carbocycles. The van der Waals surface area contributed by atoms with Gasteiger partial charge in [-0.05, 0) is 61.5 Å². The van der Waals surface area contributed by atoms with Gasteiger partial charge in [-0.2, -0.15) is 10.2 Å². The number of nitrogens with zero attached hydrogens (tertiary/aromatic N) is 2. The number of anilines is 1. The number of benzene rings is 2. The molecule has 2 aromatic carbocycles. The molecule has 24 heavy (non-hydrogen) atoms. The minimum Gasteiger partial charge on any atom is -0.376 e. The lowest BCUT2D eigenvalue weighted by Crippen LogP contribution is -2.34. The molecule has 1 aliphatic rings. The summed E-state index contributed by atoms with van der Waals surface area (Å²) in [4.78, 5) is 0. The highest BCUT2D eigenvalue weighted by Gasteiger charge is 2.15. The minimum absolute atomic E-state index is 0.269. The molecule has 6 heteroatoms. The maximum absolute atomic E-state index is 5.56. The lowest BCUT2D eigenvalue weighted by atomic mass is 10.2.